The molecule has 0 aliphatic carbocycles. The van der Waals surface area contributed by atoms with Crippen molar-refractivity contribution in [2.75, 3.05) is 5.75 Å². The van der Waals surface area contributed by atoms with Gasteiger partial charge >= 0.3 is 0 Å². The third kappa shape index (κ3) is 0.925. The average Bonchev–Trinajstić information content (AvgIpc) is 2.80. The number of thiophene rings is 1. The van der Waals surface area contributed by atoms with E-state index < -0.39 is 0 Å². The SMILES string of the molecule is Oc1c2c(c3sccc3c1O)SCC2. The molecule has 0 fully saturated rings. The summed E-state index contributed by atoms with van der Waals surface area (Å²) in [6.45, 7) is 0. The zero-order valence-electron chi connectivity index (χ0n) is 7.28. The van der Waals surface area contributed by atoms with Crippen LogP contribution in [0.15, 0.2) is 16.3 Å². The monoisotopic (exact) mass is 224 g/mol. The highest BCUT2D eigenvalue weighted by molar-refractivity contribution is 8.00. The summed E-state index contributed by atoms with van der Waals surface area (Å²) in [6.07, 6.45) is 0.854. The molecule has 0 radical (unpaired) electrons. The lowest BCUT2D eigenvalue weighted by molar-refractivity contribution is 0.403. The van der Waals surface area contributed by atoms with Gasteiger partial charge in [-0.25, -0.2) is 0 Å². The molecule has 0 atom stereocenters. The molecule has 1 aromatic heterocycles. The van der Waals surface area contributed by atoms with Crippen molar-refractivity contribution in [3.8, 4) is 11.5 Å². The Kier molecular flexibility index (Phi) is 1.69. The Labute approximate surface area is 89.2 Å². The number of thioether (sulfide) groups is 1. The van der Waals surface area contributed by atoms with Gasteiger partial charge in [0.25, 0.3) is 0 Å². The van der Waals surface area contributed by atoms with Crippen LogP contribution in [-0.4, -0.2) is 16.0 Å². The van der Waals surface area contributed by atoms with Gasteiger partial charge in [-0.3, -0.25) is 0 Å². The molecular weight excluding hydrogens is 216 g/mol. The van der Waals surface area contributed by atoms with Gasteiger partial charge in [-0.15, -0.1) is 23.1 Å². The van der Waals surface area contributed by atoms with Crippen molar-refractivity contribution in [2.24, 2.45) is 0 Å². The molecule has 0 spiro atoms. The van der Waals surface area contributed by atoms with Gasteiger partial charge in [0.05, 0.1) is 4.70 Å². The van der Waals surface area contributed by atoms with Gasteiger partial charge in [-0.05, 0) is 17.9 Å². The maximum Gasteiger partial charge on any atom is 0.166 e. The molecule has 2 N–H and O–H groups in total. The largest absolute Gasteiger partial charge is 0.504 e. The van der Waals surface area contributed by atoms with Crippen LogP contribution in [0.4, 0.5) is 0 Å². The molecule has 1 aliphatic heterocycles. The van der Waals surface area contributed by atoms with Crippen LogP contribution in [0.3, 0.4) is 0 Å². The first-order valence-corrected chi connectivity index (χ1v) is 6.22. The van der Waals surface area contributed by atoms with E-state index in [4.69, 9.17) is 0 Å². The van der Waals surface area contributed by atoms with Crippen molar-refractivity contribution >= 4 is 33.2 Å². The Balaban J connectivity index is 2.52. The molecule has 0 saturated heterocycles. The van der Waals surface area contributed by atoms with Crippen molar-refractivity contribution in [3.05, 3.63) is 17.0 Å². The first kappa shape index (κ1) is 8.44. The fraction of sp³-hybridized carbons (Fsp3) is 0.200. The molecule has 3 rings (SSSR count). The zero-order chi connectivity index (χ0) is 9.71. The molecule has 0 amide bonds. The quantitative estimate of drug-likeness (QED) is 0.676. The summed E-state index contributed by atoms with van der Waals surface area (Å²) in [5.41, 5.74) is 0.919. The summed E-state index contributed by atoms with van der Waals surface area (Å²) >= 11 is 3.39. The maximum atomic E-state index is 9.78. The zero-order valence-corrected chi connectivity index (χ0v) is 8.91. The summed E-state index contributed by atoms with van der Waals surface area (Å²) < 4.78 is 1.11. The molecule has 2 heterocycles. The van der Waals surface area contributed by atoms with Gasteiger partial charge in [-0.2, -0.15) is 0 Å². The summed E-state index contributed by atoms with van der Waals surface area (Å²) in [7, 11) is 0. The number of benzene rings is 1. The highest BCUT2D eigenvalue weighted by atomic mass is 32.2. The van der Waals surface area contributed by atoms with E-state index in [0.29, 0.717) is 0 Å². The van der Waals surface area contributed by atoms with E-state index >= 15 is 0 Å². The van der Waals surface area contributed by atoms with Crippen molar-refractivity contribution in [1.29, 1.82) is 0 Å². The van der Waals surface area contributed by atoms with E-state index in [9.17, 15) is 10.2 Å². The van der Waals surface area contributed by atoms with E-state index in [2.05, 4.69) is 0 Å². The maximum absolute atomic E-state index is 9.78. The average molecular weight is 224 g/mol. The molecule has 2 aromatic rings. The van der Waals surface area contributed by atoms with Crippen LogP contribution in [0.5, 0.6) is 11.5 Å². The van der Waals surface area contributed by atoms with Crippen LogP contribution in [0, 0.1) is 0 Å². The molecule has 72 valence electrons. The van der Waals surface area contributed by atoms with Crippen LogP contribution >= 0.6 is 23.1 Å². The minimum Gasteiger partial charge on any atom is -0.504 e. The second-order valence-corrected chi connectivity index (χ2v) is 5.29. The van der Waals surface area contributed by atoms with Crippen molar-refractivity contribution in [3.63, 3.8) is 0 Å². The topological polar surface area (TPSA) is 40.5 Å². The van der Waals surface area contributed by atoms with E-state index in [-0.39, 0.29) is 11.5 Å². The fourth-order valence-corrected chi connectivity index (χ4v) is 4.13. The van der Waals surface area contributed by atoms with Crippen molar-refractivity contribution < 1.29 is 10.2 Å². The van der Waals surface area contributed by atoms with Gasteiger partial charge in [0, 0.05) is 21.6 Å². The summed E-state index contributed by atoms with van der Waals surface area (Å²) in [6, 6.07) is 1.86. The number of fused-ring (bicyclic) bond motifs is 3. The van der Waals surface area contributed by atoms with Crippen molar-refractivity contribution in [2.45, 2.75) is 11.3 Å². The molecule has 1 aromatic carbocycles. The standard InChI is InChI=1S/C10H8O2S2/c11-7-5-1-3-13-9(5)10-6(8(7)12)2-4-14-10/h1,3,11-12H,2,4H2. The van der Waals surface area contributed by atoms with Crippen LogP contribution in [0.25, 0.3) is 10.1 Å². The van der Waals surface area contributed by atoms with Gasteiger partial charge < -0.3 is 10.2 Å². The van der Waals surface area contributed by atoms with E-state index in [1.165, 1.54) is 0 Å². The lowest BCUT2D eigenvalue weighted by atomic mass is 10.1. The molecule has 0 unspecified atom stereocenters. The first-order valence-electron chi connectivity index (χ1n) is 4.36. The minimum atomic E-state index is 0.0440. The van der Waals surface area contributed by atoms with Crippen LogP contribution in [-0.2, 0) is 6.42 Å². The third-order valence-corrected chi connectivity index (χ3v) is 4.72. The predicted molar refractivity (Wildman–Crippen MR) is 59.6 cm³/mol. The molecule has 0 saturated carbocycles. The Morgan fingerprint density at radius 1 is 1.21 bits per heavy atom. The Hall–Kier alpha value is -0.870. The Morgan fingerprint density at radius 3 is 2.93 bits per heavy atom. The predicted octanol–water partition coefficient (Wildman–Crippen LogP) is 2.96. The van der Waals surface area contributed by atoms with Crippen LogP contribution in [0.2, 0.25) is 0 Å². The highest BCUT2D eigenvalue weighted by Crippen LogP contribution is 2.49. The Bertz CT molecular complexity index is 516. The highest BCUT2D eigenvalue weighted by Gasteiger charge is 2.23. The number of aromatic hydroxyl groups is 2. The number of phenols is 2. The van der Waals surface area contributed by atoms with Gasteiger partial charge in [0.1, 0.15) is 0 Å². The lowest BCUT2D eigenvalue weighted by Gasteiger charge is -2.06. The first-order chi connectivity index (χ1) is 6.79. The van der Waals surface area contributed by atoms with Gasteiger partial charge in [0.2, 0.25) is 0 Å². The number of hydrogen-bond acceptors (Lipinski definition) is 4. The molecule has 2 nitrogen and oxygen atoms in total. The van der Waals surface area contributed by atoms with E-state index in [0.717, 1.165) is 32.7 Å². The minimum absolute atomic E-state index is 0.0440. The van der Waals surface area contributed by atoms with E-state index in [1.807, 2.05) is 11.4 Å². The number of phenolic OH excluding ortho intramolecular Hbond substituents is 2. The molecular formula is C10H8O2S2. The van der Waals surface area contributed by atoms with E-state index in [1.54, 1.807) is 23.1 Å². The lowest BCUT2D eigenvalue weighted by Crippen LogP contribution is -1.83. The summed E-state index contributed by atoms with van der Waals surface area (Å²) in [5, 5.41) is 22.3. The molecule has 14 heavy (non-hydrogen) atoms. The van der Waals surface area contributed by atoms with Crippen LogP contribution in [0.1, 0.15) is 5.56 Å². The summed E-state index contributed by atoms with van der Waals surface area (Å²) in [5.74, 6) is 1.12. The molecule has 1 aliphatic rings. The molecule has 4 heteroatoms. The number of hydrogen-bond donors (Lipinski definition) is 2. The smallest absolute Gasteiger partial charge is 0.166 e. The third-order valence-electron chi connectivity index (χ3n) is 2.51. The second kappa shape index (κ2) is 2.81. The second-order valence-electron chi connectivity index (χ2n) is 3.27. The van der Waals surface area contributed by atoms with Crippen molar-refractivity contribution in [1.82, 2.24) is 0 Å². The summed E-state index contributed by atoms with van der Waals surface area (Å²) in [4.78, 5) is 1.16. The van der Waals surface area contributed by atoms with Gasteiger partial charge in [0.15, 0.2) is 11.5 Å². The normalized spacial score (nSPS) is 14.9. The molecule has 0 bridgehead atoms. The number of rotatable bonds is 0. The Morgan fingerprint density at radius 2 is 2.07 bits per heavy atom. The van der Waals surface area contributed by atoms with Crippen LogP contribution < -0.4 is 0 Å². The fourth-order valence-electron chi connectivity index (χ4n) is 1.83. The van der Waals surface area contributed by atoms with Gasteiger partial charge in [-0.1, -0.05) is 0 Å².